The average Bonchev–Trinajstić information content (AvgIpc) is 3.27. The number of carbonyl (C=O) groups is 1. The van der Waals surface area contributed by atoms with Crippen LogP contribution < -0.4 is 10.6 Å². The number of urea groups is 1. The summed E-state index contributed by atoms with van der Waals surface area (Å²) >= 11 is 1.56. The molecule has 2 aromatic heterocycles. The van der Waals surface area contributed by atoms with E-state index in [2.05, 4.69) is 44.2 Å². The molecular weight excluding hydrogens is 324 g/mol. The molecule has 0 fully saturated rings. The molecular formula is C16H24N6OS. The highest BCUT2D eigenvalue weighted by atomic mass is 32.1. The average molecular weight is 348 g/mol. The van der Waals surface area contributed by atoms with Crippen LogP contribution in [0.3, 0.4) is 0 Å². The zero-order valence-electron chi connectivity index (χ0n) is 14.3. The number of hydrogen-bond donors (Lipinski definition) is 2. The fraction of sp³-hybridized carbons (Fsp3) is 0.625. The Hall–Kier alpha value is -1.96. The van der Waals surface area contributed by atoms with Crippen LogP contribution in [-0.2, 0) is 13.0 Å². The van der Waals surface area contributed by atoms with Gasteiger partial charge < -0.3 is 15.2 Å². The van der Waals surface area contributed by atoms with E-state index in [1.165, 1.54) is 0 Å². The predicted octanol–water partition coefficient (Wildman–Crippen LogP) is 2.83. The van der Waals surface area contributed by atoms with Gasteiger partial charge in [-0.1, -0.05) is 20.8 Å². The van der Waals surface area contributed by atoms with Crippen molar-refractivity contribution in [2.45, 2.75) is 58.7 Å². The van der Waals surface area contributed by atoms with Crippen molar-refractivity contribution in [3.8, 4) is 0 Å². The summed E-state index contributed by atoms with van der Waals surface area (Å²) in [6.45, 7) is 7.14. The maximum atomic E-state index is 12.5. The molecule has 0 saturated heterocycles. The lowest BCUT2D eigenvalue weighted by Gasteiger charge is -2.23. The molecule has 1 aliphatic rings. The fourth-order valence-electron chi connectivity index (χ4n) is 3.02. The monoisotopic (exact) mass is 348 g/mol. The minimum absolute atomic E-state index is 0.0677. The first-order valence-corrected chi connectivity index (χ1v) is 9.36. The van der Waals surface area contributed by atoms with Crippen molar-refractivity contribution >= 4 is 17.4 Å². The van der Waals surface area contributed by atoms with E-state index < -0.39 is 0 Å². The molecule has 0 bridgehead atoms. The Kier molecular flexibility index (Phi) is 5.13. The Labute approximate surface area is 145 Å². The van der Waals surface area contributed by atoms with Crippen LogP contribution in [0, 0.1) is 5.92 Å². The van der Waals surface area contributed by atoms with Crippen LogP contribution in [0.1, 0.15) is 62.4 Å². The van der Waals surface area contributed by atoms with Gasteiger partial charge in [0.1, 0.15) is 10.8 Å². The lowest BCUT2D eigenvalue weighted by Crippen LogP contribution is -2.42. The Bertz CT molecular complexity index is 681. The summed E-state index contributed by atoms with van der Waals surface area (Å²) in [6, 6.07) is -0.411. The van der Waals surface area contributed by atoms with Gasteiger partial charge in [-0.15, -0.1) is 21.5 Å². The minimum atomic E-state index is -0.189. The molecule has 0 radical (unpaired) electrons. The summed E-state index contributed by atoms with van der Waals surface area (Å²) in [6.07, 6.45) is 4.62. The van der Waals surface area contributed by atoms with Crippen molar-refractivity contribution in [3.63, 3.8) is 0 Å². The second-order valence-corrected chi connectivity index (χ2v) is 7.33. The van der Waals surface area contributed by atoms with Crippen LogP contribution in [0.5, 0.6) is 0 Å². The topological polar surface area (TPSA) is 84.7 Å². The zero-order chi connectivity index (χ0) is 17.1. The largest absolute Gasteiger partial charge is 0.329 e. The van der Waals surface area contributed by atoms with Crippen LogP contribution in [0.4, 0.5) is 4.79 Å². The number of hydrogen-bond acceptors (Lipinski definition) is 5. The highest BCUT2D eigenvalue weighted by Gasteiger charge is 2.28. The Balaban J connectivity index is 1.70. The maximum absolute atomic E-state index is 12.5. The van der Waals surface area contributed by atoms with Gasteiger partial charge in [0.25, 0.3) is 0 Å². The van der Waals surface area contributed by atoms with Crippen molar-refractivity contribution in [3.05, 3.63) is 28.2 Å². The van der Waals surface area contributed by atoms with Crippen LogP contribution in [0.2, 0.25) is 0 Å². The summed E-state index contributed by atoms with van der Waals surface area (Å²) < 4.78 is 2.14. The number of aryl methyl sites for hydroxylation is 1. The molecule has 2 N–H and O–H groups in total. The van der Waals surface area contributed by atoms with Crippen LogP contribution >= 0.6 is 11.3 Å². The molecule has 8 heteroatoms. The van der Waals surface area contributed by atoms with Gasteiger partial charge in [-0.2, -0.15) is 0 Å². The first kappa shape index (κ1) is 16.9. The first-order chi connectivity index (χ1) is 11.6. The van der Waals surface area contributed by atoms with Gasteiger partial charge in [-0.05, 0) is 18.8 Å². The molecule has 0 aliphatic carbocycles. The van der Waals surface area contributed by atoms with Gasteiger partial charge in [-0.25, -0.2) is 9.78 Å². The molecule has 2 aromatic rings. The number of thiazole rings is 1. The summed E-state index contributed by atoms with van der Waals surface area (Å²) in [7, 11) is 0. The fourth-order valence-corrected chi connectivity index (χ4v) is 3.79. The predicted molar refractivity (Wildman–Crippen MR) is 92.7 cm³/mol. The third-order valence-electron chi connectivity index (χ3n) is 4.33. The first-order valence-electron chi connectivity index (χ1n) is 8.48. The van der Waals surface area contributed by atoms with Crippen LogP contribution in [-0.4, -0.2) is 25.8 Å². The highest BCUT2D eigenvalue weighted by Crippen LogP contribution is 2.25. The molecule has 0 saturated carbocycles. The molecule has 2 unspecified atom stereocenters. The standard InChI is InChI=1S/C16H24N6OS/c1-4-11(15-17-7-9-24-15)18-16(23)19-13(10(2)3)14-21-20-12-6-5-8-22(12)14/h7,9-11,13H,4-6,8H2,1-3H3,(H2,18,19,23). The third kappa shape index (κ3) is 3.43. The summed E-state index contributed by atoms with van der Waals surface area (Å²) in [5.41, 5.74) is 0. The van der Waals surface area contributed by atoms with E-state index in [1.807, 2.05) is 12.3 Å². The van der Waals surface area contributed by atoms with Gasteiger partial charge in [0, 0.05) is 24.5 Å². The number of nitrogens with zero attached hydrogens (tertiary/aromatic N) is 4. The second-order valence-electron chi connectivity index (χ2n) is 6.40. The number of carbonyl (C=O) groups excluding carboxylic acids is 1. The third-order valence-corrected chi connectivity index (χ3v) is 5.22. The molecule has 24 heavy (non-hydrogen) atoms. The minimum Gasteiger partial charge on any atom is -0.329 e. The van der Waals surface area contributed by atoms with E-state index in [-0.39, 0.29) is 24.0 Å². The molecule has 7 nitrogen and oxygen atoms in total. The van der Waals surface area contributed by atoms with Gasteiger partial charge >= 0.3 is 6.03 Å². The van der Waals surface area contributed by atoms with E-state index in [9.17, 15) is 4.79 Å². The number of nitrogens with one attached hydrogen (secondary N) is 2. The zero-order valence-corrected chi connectivity index (χ0v) is 15.1. The van der Waals surface area contributed by atoms with E-state index >= 15 is 0 Å². The van der Waals surface area contributed by atoms with Crippen LogP contribution in [0.25, 0.3) is 0 Å². The van der Waals surface area contributed by atoms with Gasteiger partial charge in [0.05, 0.1) is 12.1 Å². The quantitative estimate of drug-likeness (QED) is 0.841. The van der Waals surface area contributed by atoms with Crippen molar-refractivity contribution in [1.29, 1.82) is 0 Å². The molecule has 0 aromatic carbocycles. The normalized spacial score (nSPS) is 16.0. The Morgan fingerprint density at radius 3 is 2.88 bits per heavy atom. The van der Waals surface area contributed by atoms with Crippen molar-refractivity contribution < 1.29 is 4.79 Å². The maximum Gasteiger partial charge on any atom is 0.315 e. The molecule has 0 spiro atoms. The molecule has 3 rings (SSSR count). The molecule has 3 heterocycles. The number of rotatable bonds is 6. The number of aromatic nitrogens is 4. The van der Waals surface area contributed by atoms with E-state index in [1.54, 1.807) is 17.5 Å². The molecule has 130 valence electrons. The van der Waals surface area contributed by atoms with Crippen molar-refractivity contribution in [2.75, 3.05) is 0 Å². The Morgan fingerprint density at radius 1 is 1.38 bits per heavy atom. The van der Waals surface area contributed by atoms with Crippen LogP contribution in [0.15, 0.2) is 11.6 Å². The Morgan fingerprint density at radius 2 is 2.21 bits per heavy atom. The number of fused-ring (bicyclic) bond motifs is 1. The smallest absolute Gasteiger partial charge is 0.315 e. The van der Waals surface area contributed by atoms with Gasteiger partial charge in [-0.3, -0.25) is 0 Å². The SMILES string of the molecule is CCC(NC(=O)NC(c1nnc2n1CCC2)C(C)C)c1nccs1. The second kappa shape index (κ2) is 7.29. The molecule has 1 aliphatic heterocycles. The number of amides is 2. The lowest BCUT2D eigenvalue weighted by molar-refractivity contribution is 0.227. The molecule has 2 atom stereocenters. The van der Waals surface area contributed by atoms with Gasteiger partial charge in [0.2, 0.25) is 0 Å². The lowest BCUT2D eigenvalue weighted by atomic mass is 10.0. The van der Waals surface area contributed by atoms with E-state index in [0.717, 1.165) is 42.5 Å². The van der Waals surface area contributed by atoms with Crippen molar-refractivity contribution in [2.24, 2.45) is 5.92 Å². The highest BCUT2D eigenvalue weighted by molar-refractivity contribution is 7.09. The van der Waals surface area contributed by atoms with Gasteiger partial charge in [0.15, 0.2) is 5.82 Å². The summed E-state index contributed by atoms with van der Waals surface area (Å²) in [4.78, 5) is 16.8. The van der Waals surface area contributed by atoms with Crippen molar-refractivity contribution in [1.82, 2.24) is 30.4 Å². The van der Waals surface area contributed by atoms with E-state index in [4.69, 9.17) is 0 Å². The van der Waals surface area contributed by atoms with E-state index in [0.29, 0.717) is 0 Å². The summed E-state index contributed by atoms with van der Waals surface area (Å²) in [5.74, 6) is 2.10. The molecule has 2 amide bonds. The summed E-state index contributed by atoms with van der Waals surface area (Å²) in [5, 5.41) is 17.5.